The SMILES string of the molecule is CC1CC(NC(c2ccncc2)c2ccc(F)cc2)c2c(O)ccc(F)c21. The van der Waals surface area contributed by atoms with Gasteiger partial charge in [-0.3, -0.25) is 10.3 Å². The molecule has 0 bridgehead atoms. The van der Waals surface area contributed by atoms with Crippen LogP contribution in [0.15, 0.2) is 60.9 Å². The van der Waals surface area contributed by atoms with Gasteiger partial charge in [-0.2, -0.15) is 0 Å². The zero-order valence-corrected chi connectivity index (χ0v) is 14.9. The molecule has 3 aromatic rings. The third-order valence-corrected chi connectivity index (χ3v) is 5.25. The Hall–Kier alpha value is -2.79. The minimum Gasteiger partial charge on any atom is -0.508 e. The Bertz CT molecular complexity index is 945. The third kappa shape index (κ3) is 3.30. The number of aromatic nitrogens is 1. The lowest BCUT2D eigenvalue weighted by atomic mass is 9.97. The average molecular weight is 366 g/mol. The average Bonchev–Trinajstić information content (AvgIpc) is 3.02. The lowest BCUT2D eigenvalue weighted by Gasteiger charge is -2.25. The third-order valence-electron chi connectivity index (χ3n) is 5.25. The first-order valence-corrected chi connectivity index (χ1v) is 8.97. The van der Waals surface area contributed by atoms with Gasteiger partial charge in [0.2, 0.25) is 0 Å². The fourth-order valence-corrected chi connectivity index (χ4v) is 4.00. The summed E-state index contributed by atoms with van der Waals surface area (Å²) in [5.41, 5.74) is 3.04. The summed E-state index contributed by atoms with van der Waals surface area (Å²) in [6.45, 7) is 1.96. The number of rotatable bonds is 4. The molecule has 138 valence electrons. The molecule has 2 aromatic carbocycles. The van der Waals surface area contributed by atoms with Crippen LogP contribution < -0.4 is 5.32 Å². The van der Waals surface area contributed by atoms with Crippen molar-refractivity contribution >= 4 is 0 Å². The molecule has 3 unspecified atom stereocenters. The summed E-state index contributed by atoms with van der Waals surface area (Å²) in [5, 5.41) is 13.9. The van der Waals surface area contributed by atoms with Crippen molar-refractivity contribution in [3.63, 3.8) is 0 Å². The fourth-order valence-electron chi connectivity index (χ4n) is 4.00. The fraction of sp³-hybridized carbons (Fsp3) is 0.227. The molecule has 0 saturated heterocycles. The van der Waals surface area contributed by atoms with Gasteiger partial charge < -0.3 is 5.11 Å². The molecule has 4 rings (SSSR count). The highest BCUT2D eigenvalue weighted by molar-refractivity contribution is 5.48. The first kappa shape index (κ1) is 17.6. The van der Waals surface area contributed by atoms with E-state index >= 15 is 0 Å². The molecule has 5 heteroatoms. The van der Waals surface area contributed by atoms with Gasteiger partial charge in [0, 0.05) is 24.0 Å². The zero-order valence-electron chi connectivity index (χ0n) is 14.9. The van der Waals surface area contributed by atoms with E-state index in [0.29, 0.717) is 17.5 Å². The molecule has 3 nitrogen and oxygen atoms in total. The van der Waals surface area contributed by atoms with Crippen LogP contribution in [0.2, 0.25) is 0 Å². The second kappa shape index (κ2) is 7.08. The highest BCUT2D eigenvalue weighted by Gasteiger charge is 2.35. The topological polar surface area (TPSA) is 45.2 Å². The molecule has 1 heterocycles. The van der Waals surface area contributed by atoms with Crippen molar-refractivity contribution in [2.75, 3.05) is 0 Å². The second-order valence-electron chi connectivity index (χ2n) is 7.01. The van der Waals surface area contributed by atoms with Crippen LogP contribution >= 0.6 is 0 Å². The number of phenols is 1. The minimum absolute atomic E-state index is 0.00379. The van der Waals surface area contributed by atoms with Gasteiger partial charge in [-0.05, 0) is 65.4 Å². The highest BCUT2D eigenvalue weighted by atomic mass is 19.1. The molecular weight excluding hydrogens is 346 g/mol. The maximum atomic E-state index is 14.3. The van der Waals surface area contributed by atoms with Crippen LogP contribution in [-0.2, 0) is 0 Å². The van der Waals surface area contributed by atoms with E-state index in [1.54, 1.807) is 24.5 Å². The predicted octanol–water partition coefficient (Wildman–Crippen LogP) is 4.99. The van der Waals surface area contributed by atoms with Crippen LogP contribution in [0.1, 0.15) is 53.6 Å². The summed E-state index contributed by atoms with van der Waals surface area (Å²) in [4.78, 5) is 4.06. The van der Waals surface area contributed by atoms with Gasteiger partial charge >= 0.3 is 0 Å². The van der Waals surface area contributed by atoms with Crippen LogP contribution in [0.3, 0.4) is 0 Å². The molecule has 0 radical (unpaired) electrons. The Kier molecular flexibility index (Phi) is 4.62. The van der Waals surface area contributed by atoms with Gasteiger partial charge in [-0.25, -0.2) is 8.78 Å². The number of phenolic OH excluding ortho intramolecular Hbond substituents is 1. The summed E-state index contributed by atoms with van der Waals surface area (Å²) in [6.07, 6.45) is 4.08. The van der Waals surface area contributed by atoms with Crippen molar-refractivity contribution in [1.82, 2.24) is 10.3 Å². The van der Waals surface area contributed by atoms with Crippen molar-refractivity contribution < 1.29 is 13.9 Å². The van der Waals surface area contributed by atoms with Crippen molar-refractivity contribution in [3.05, 3.63) is 94.8 Å². The van der Waals surface area contributed by atoms with Crippen LogP contribution in [0.4, 0.5) is 8.78 Å². The quantitative estimate of drug-likeness (QED) is 0.683. The van der Waals surface area contributed by atoms with E-state index in [0.717, 1.165) is 11.1 Å². The lowest BCUT2D eigenvalue weighted by molar-refractivity contribution is 0.430. The molecule has 0 aliphatic heterocycles. The summed E-state index contributed by atoms with van der Waals surface area (Å²) in [5.74, 6) is -0.495. The van der Waals surface area contributed by atoms with Crippen molar-refractivity contribution in [2.45, 2.75) is 31.3 Å². The molecule has 1 aromatic heterocycles. The Morgan fingerprint density at radius 3 is 2.33 bits per heavy atom. The molecule has 2 N–H and O–H groups in total. The van der Waals surface area contributed by atoms with Gasteiger partial charge in [0.25, 0.3) is 0 Å². The first-order chi connectivity index (χ1) is 13.0. The standard InChI is InChI=1S/C22H20F2N2O/c1-13-12-18(21-19(27)7-6-17(24)20(13)21)26-22(15-8-10-25-11-9-15)14-2-4-16(23)5-3-14/h2-11,13,18,22,26-27H,12H2,1H3. The summed E-state index contributed by atoms with van der Waals surface area (Å²) in [7, 11) is 0. The number of nitrogens with one attached hydrogen (secondary N) is 1. The van der Waals surface area contributed by atoms with Gasteiger partial charge in [0.1, 0.15) is 17.4 Å². The number of benzene rings is 2. The van der Waals surface area contributed by atoms with E-state index in [-0.39, 0.29) is 35.4 Å². The number of pyridine rings is 1. The van der Waals surface area contributed by atoms with Crippen LogP contribution in [-0.4, -0.2) is 10.1 Å². The Labute approximate surface area is 156 Å². The minimum atomic E-state index is -0.299. The largest absolute Gasteiger partial charge is 0.508 e. The number of hydrogen-bond donors (Lipinski definition) is 2. The van der Waals surface area contributed by atoms with E-state index in [1.807, 2.05) is 19.1 Å². The molecule has 0 fully saturated rings. The highest BCUT2D eigenvalue weighted by Crippen LogP contribution is 2.46. The van der Waals surface area contributed by atoms with E-state index < -0.39 is 0 Å². The molecule has 0 spiro atoms. The van der Waals surface area contributed by atoms with E-state index in [1.165, 1.54) is 24.3 Å². The normalized spacial score (nSPS) is 19.7. The van der Waals surface area contributed by atoms with Gasteiger partial charge in [0.05, 0.1) is 6.04 Å². The molecule has 1 aliphatic carbocycles. The molecule has 0 saturated carbocycles. The van der Waals surface area contributed by atoms with E-state index in [4.69, 9.17) is 0 Å². The molecular formula is C22H20F2N2O. The summed E-state index contributed by atoms with van der Waals surface area (Å²) >= 11 is 0. The molecule has 0 amide bonds. The number of hydrogen-bond acceptors (Lipinski definition) is 3. The lowest BCUT2D eigenvalue weighted by Crippen LogP contribution is -2.26. The van der Waals surface area contributed by atoms with E-state index in [9.17, 15) is 13.9 Å². The number of nitrogens with zero attached hydrogens (tertiary/aromatic N) is 1. The zero-order chi connectivity index (χ0) is 19.0. The predicted molar refractivity (Wildman–Crippen MR) is 99.5 cm³/mol. The Morgan fingerprint density at radius 1 is 0.963 bits per heavy atom. The summed E-state index contributed by atoms with van der Waals surface area (Å²) < 4.78 is 27.7. The smallest absolute Gasteiger partial charge is 0.127 e. The maximum Gasteiger partial charge on any atom is 0.127 e. The van der Waals surface area contributed by atoms with Crippen LogP contribution in [0.5, 0.6) is 5.75 Å². The molecule has 1 aliphatic rings. The van der Waals surface area contributed by atoms with Gasteiger partial charge in [0.15, 0.2) is 0 Å². The Morgan fingerprint density at radius 2 is 1.63 bits per heavy atom. The number of aromatic hydroxyl groups is 1. The van der Waals surface area contributed by atoms with Gasteiger partial charge in [-0.1, -0.05) is 19.1 Å². The van der Waals surface area contributed by atoms with Crippen molar-refractivity contribution in [3.8, 4) is 5.75 Å². The van der Waals surface area contributed by atoms with Crippen molar-refractivity contribution in [1.29, 1.82) is 0 Å². The Balaban J connectivity index is 1.74. The first-order valence-electron chi connectivity index (χ1n) is 8.97. The van der Waals surface area contributed by atoms with Crippen LogP contribution in [0.25, 0.3) is 0 Å². The maximum absolute atomic E-state index is 14.3. The van der Waals surface area contributed by atoms with E-state index in [2.05, 4.69) is 10.3 Å². The van der Waals surface area contributed by atoms with Gasteiger partial charge in [-0.15, -0.1) is 0 Å². The molecule has 27 heavy (non-hydrogen) atoms. The van der Waals surface area contributed by atoms with Crippen LogP contribution in [0, 0.1) is 11.6 Å². The number of halogens is 2. The monoisotopic (exact) mass is 366 g/mol. The number of fused-ring (bicyclic) bond motifs is 1. The summed E-state index contributed by atoms with van der Waals surface area (Å²) in [6, 6.07) is 12.4. The second-order valence-corrected chi connectivity index (χ2v) is 7.01. The molecule has 3 atom stereocenters. The van der Waals surface area contributed by atoms with Crippen molar-refractivity contribution in [2.24, 2.45) is 0 Å².